The van der Waals surface area contributed by atoms with Crippen LogP contribution in [0, 0.1) is 10.1 Å². The summed E-state index contributed by atoms with van der Waals surface area (Å²) in [5.41, 5.74) is 0.832. The van der Waals surface area contributed by atoms with E-state index in [9.17, 15) is 14.9 Å². The molecule has 0 aliphatic heterocycles. The summed E-state index contributed by atoms with van der Waals surface area (Å²) in [7, 11) is 1.48. The molecule has 0 saturated heterocycles. The summed E-state index contributed by atoms with van der Waals surface area (Å²) in [6.07, 6.45) is 0. The first kappa shape index (κ1) is 13.3. The van der Waals surface area contributed by atoms with Gasteiger partial charge in [0.25, 0.3) is 5.91 Å². The average molecular weight is 324 g/mol. The maximum Gasteiger partial charge on any atom is 0.323 e. The van der Waals surface area contributed by atoms with Crippen molar-refractivity contribution in [1.29, 1.82) is 0 Å². The van der Waals surface area contributed by atoms with Crippen LogP contribution in [0.5, 0.6) is 0 Å². The highest BCUT2D eigenvalue weighted by atomic mass is 79.9. The van der Waals surface area contributed by atoms with Crippen LogP contribution in [-0.2, 0) is 7.05 Å². The summed E-state index contributed by atoms with van der Waals surface area (Å²) in [6, 6.07) is 9.86. The second-order valence-corrected chi connectivity index (χ2v) is 4.68. The van der Waals surface area contributed by atoms with E-state index < -0.39 is 10.8 Å². The first-order chi connectivity index (χ1) is 9.00. The zero-order chi connectivity index (χ0) is 14.0. The highest BCUT2D eigenvalue weighted by molar-refractivity contribution is 9.10. The third-order valence-corrected chi connectivity index (χ3v) is 3.33. The molecule has 1 amide bonds. The van der Waals surface area contributed by atoms with Crippen molar-refractivity contribution in [2.45, 2.75) is 0 Å². The Morgan fingerprint density at radius 1 is 1.32 bits per heavy atom. The Kier molecular flexibility index (Phi) is 3.66. The molecule has 0 bridgehead atoms. The third kappa shape index (κ3) is 2.65. The van der Waals surface area contributed by atoms with Crippen molar-refractivity contribution in [3.8, 4) is 0 Å². The van der Waals surface area contributed by atoms with Crippen molar-refractivity contribution < 1.29 is 9.72 Å². The minimum absolute atomic E-state index is 0.128. The van der Waals surface area contributed by atoms with Gasteiger partial charge in [0.15, 0.2) is 5.69 Å². The lowest BCUT2D eigenvalue weighted by Crippen LogP contribution is -2.16. The van der Waals surface area contributed by atoms with Crippen LogP contribution in [0.4, 0.5) is 11.5 Å². The number of hydrogen-bond donors (Lipinski definition) is 1. The average Bonchev–Trinajstić information content (AvgIpc) is 2.74. The van der Waals surface area contributed by atoms with Gasteiger partial charge in [-0.05, 0) is 39.1 Å². The monoisotopic (exact) mass is 323 g/mol. The molecule has 0 radical (unpaired) electrons. The summed E-state index contributed by atoms with van der Waals surface area (Å²) in [5, 5.41) is 13.4. The topological polar surface area (TPSA) is 77.2 Å². The highest BCUT2D eigenvalue weighted by Gasteiger charge is 2.20. The van der Waals surface area contributed by atoms with Crippen molar-refractivity contribution in [3.63, 3.8) is 0 Å². The smallest absolute Gasteiger partial charge is 0.323 e. The van der Waals surface area contributed by atoms with E-state index in [1.807, 2.05) is 6.07 Å². The molecule has 1 aromatic heterocycles. The van der Waals surface area contributed by atoms with Crippen molar-refractivity contribution in [2.75, 3.05) is 5.32 Å². The van der Waals surface area contributed by atoms with Crippen LogP contribution in [0.25, 0.3) is 0 Å². The third-order valence-electron chi connectivity index (χ3n) is 2.64. The number of hydrogen-bond acceptors (Lipinski definition) is 3. The number of carbonyl (C=O) groups is 1. The van der Waals surface area contributed by atoms with E-state index in [4.69, 9.17) is 0 Å². The van der Waals surface area contributed by atoms with E-state index in [0.717, 1.165) is 4.47 Å². The zero-order valence-corrected chi connectivity index (χ0v) is 11.5. The number of nitro groups is 1. The molecule has 1 heterocycles. The van der Waals surface area contributed by atoms with Gasteiger partial charge < -0.3 is 15.4 Å². The number of aromatic nitrogens is 1. The molecule has 98 valence electrons. The van der Waals surface area contributed by atoms with Crippen molar-refractivity contribution in [1.82, 2.24) is 4.57 Å². The number of rotatable bonds is 3. The molecule has 1 N–H and O–H groups in total. The second-order valence-electron chi connectivity index (χ2n) is 3.83. The molecule has 6 nitrogen and oxygen atoms in total. The molecule has 0 aliphatic carbocycles. The lowest BCUT2D eigenvalue weighted by molar-refractivity contribution is -0.391. The minimum atomic E-state index is -0.533. The quantitative estimate of drug-likeness (QED) is 0.696. The molecular formula is C12H10BrN3O3. The fourth-order valence-electron chi connectivity index (χ4n) is 1.66. The molecule has 0 atom stereocenters. The molecule has 2 rings (SSSR count). The van der Waals surface area contributed by atoms with E-state index in [2.05, 4.69) is 21.2 Å². The summed E-state index contributed by atoms with van der Waals surface area (Å²) in [6.45, 7) is 0. The van der Waals surface area contributed by atoms with Crippen LogP contribution in [0.3, 0.4) is 0 Å². The van der Waals surface area contributed by atoms with E-state index in [-0.39, 0.29) is 11.5 Å². The molecule has 0 aliphatic rings. The fourth-order valence-corrected chi connectivity index (χ4v) is 2.04. The number of anilines is 1. The molecule has 19 heavy (non-hydrogen) atoms. The maximum atomic E-state index is 12.0. The van der Waals surface area contributed by atoms with Gasteiger partial charge in [0.2, 0.25) is 0 Å². The standard InChI is InChI=1S/C12H10BrN3O3/c1-15-10(6-7-11(15)16(18)19)12(17)14-9-5-3-2-4-8(9)13/h2-7H,1H3,(H,14,17). The molecule has 0 spiro atoms. The van der Waals surface area contributed by atoms with E-state index in [1.54, 1.807) is 18.2 Å². The first-order valence-electron chi connectivity index (χ1n) is 5.36. The van der Waals surface area contributed by atoms with E-state index in [1.165, 1.54) is 23.7 Å². The van der Waals surface area contributed by atoms with Gasteiger partial charge in [-0.15, -0.1) is 0 Å². The second kappa shape index (κ2) is 5.23. The van der Waals surface area contributed by atoms with Gasteiger partial charge in [-0.3, -0.25) is 4.79 Å². The number of carbonyl (C=O) groups excluding carboxylic acids is 1. The van der Waals surface area contributed by atoms with E-state index >= 15 is 0 Å². The molecule has 0 fully saturated rings. The number of nitrogens with zero attached hydrogens (tertiary/aromatic N) is 2. The molecule has 0 unspecified atom stereocenters. The van der Waals surface area contributed by atoms with Gasteiger partial charge in [0, 0.05) is 10.5 Å². The van der Waals surface area contributed by atoms with Gasteiger partial charge in [-0.1, -0.05) is 12.1 Å². The Morgan fingerprint density at radius 2 is 2.00 bits per heavy atom. The normalized spacial score (nSPS) is 10.2. The van der Waals surface area contributed by atoms with Crippen LogP contribution < -0.4 is 5.32 Å². The largest absolute Gasteiger partial charge is 0.358 e. The first-order valence-corrected chi connectivity index (χ1v) is 6.16. The minimum Gasteiger partial charge on any atom is -0.358 e. The summed E-state index contributed by atoms with van der Waals surface area (Å²) in [5.74, 6) is -0.528. The Bertz CT molecular complexity index is 651. The van der Waals surface area contributed by atoms with Gasteiger partial charge in [0.05, 0.1) is 12.7 Å². The van der Waals surface area contributed by atoms with Gasteiger partial charge >= 0.3 is 5.82 Å². The number of benzene rings is 1. The van der Waals surface area contributed by atoms with Crippen molar-refractivity contribution >= 4 is 33.3 Å². The van der Waals surface area contributed by atoms with Crippen molar-refractivity contribution in [3.05, 3.63) is 56.7 Å². The predicted molar refractivity (Wildman–Crippen MR) is 74.2 cm³/mol. The zero-order valence-electron chi connectivity index (χ0n) is 9.96. The number of para-hydroxylation sites is 1. The van der Waals surface area contributed by atoms with Crippen LogP contribution in [-0.4, -0.2) is 15.4 Å². The summed E-state index contributed by atoms with van der Waals surface area (Å²) >= 11 is 3.31. The van der Waals surface area contributed by atoms with Crippen molar-refractivity contribution in [2.24, 2.45) is 7.05 Å². The Morgan fingerprint density at radius 3 is 2.58 bits per heavy atom. The predicted octanol–water partition coefficient (Wildman–Crippen LogP) is 2.95. The number of amides is 1. The van der Waals surface area contributed by atoms with Crippen LogP contribution in [0.15, 0.2) is 40.9 Å². The molecule has 7 heteroatoms. The van der Waals surface area contributed by atoms with E-state index in [0.29, 0.717) is 5.69 Å². The number of nitrogens with one attached hydrogen (secondary N) is 1. The Balaban J connectivity index is 2.26. The number of halogens is 1. The molecule has 1 aromatic carbocycles. The fraction of sp³-hybridized carbons (Fsp3) is 0.0833. The summed E-state index contributed by atoms with van der Waals surface area (Å²) in [4.78, 5) is 22.2. The SMILES string of the molecule is Cn1c(C(=O)Nc2ccccc2Br)ccc1[N+](=O)[O-]. The van der Waals surface area contributed by atoms with Crippen LogP contribution in [0.1, 0.15) is 10.5 Å². The van der Waals surface area contributed by atoms with Gasteiger partial charge in [0.1, 0.15) is 0 Å². The Labute approximate surface area is 117 Å². The molecule has 0 saturated carbocycles. The molecule has 2 aromatic rings. The van der Waals surface area contributed by atoms with Crippen LogP contribution >= 0.6 is 15.9 Å². The maximum absolute atomic E-state index is 12.0. The van der Waals surface area contributed by atoms with Gasteiger partial charge in [-0.2, -0.15) is 0 Å². The summed E-state index contributed by atoms with van der Waals surface area (Å²) < 4.78 is 1.98. The Hall–Kier alpha value is -2.15. The lowest BCUT2D eigenvalue weighted by atomic mass is 10.3. The van der Waals surface area contributed by atoms with Crippen LogP contribution in [0.2, 0.25) is 0 Å². The highest BCUT2D eigenvalue weighted by Crippen LogP contribution is 2.23. The molecular weight excluding hydrogens is 314 g/mol. The lowest BCUT2D eigenvalue weighted by Gasteiger charge is -2.06. The van der Waals surface area contributed by atoms with Gasteiger partial charge in [-0.25, -0.2) is 4.57 Å².